The molecule has 21 heavy (non-hydrogen) atoms. The molecule has 2 rings (SSSR count). The summed E-state index contributed by atoms with van der Waals surface area (Å²) >= 11 is 0. The van der Waals surface area contributed by atoms with Gasteiger partial charge in [0.25, 0.3) is 0 Å². The molecule has 0 amide bonds. The average molecular weight is 309 g/mol. The Morgan fingerprint density at radius 2 is 1.90 bits per heavy atom. The van der Waals surface area contributed by atoms with Crippen molar-refractivity contribution < 1.29 is 13.5 Å². The van der Waals surface area contributed by atoms with Gasteiger partial charge in [0.2, 0.25) is 10.0 Å². The molecule has 1 aliphatic rings. The van der Waals surface area contributed by atoms with Gasteiger partial charge in [-0.2, -0.15) is 0 Å². The van der Waals surface area contributed by atoms with Crippen LogP contribution < -0.4 is 0 Å². The van der Waals surface area contributed by atoms with Crippen LogP contribution in [0.1, 0.15) is 30.9 Å². The van der Waals surface area contributed by atoms with Gasteiger partial charge in [-0.3, -0.25) is 0 Å². The Morgan fingerprint density at radius 3 is 2.48 bits per heavy atom. The van der Waals surface area contributed by atoms with E-state index in [2.05, 4.69) is 6.58 Å². The maximum atomic E-state index is 12.1. The number of benzene rings is 1. The zero-order chi connectivity index (χ0) is 15.3. The lowest BCUT2D eigenvalue weighted by Gasteiger charge is -2.33. The Hall–Kier alpha value is -1.17. The number of nitrogens with zero attached hydrogens (tertiary/aromatic N) is 1. The number of aliphatic hydroxyl groups is 1. The monoisotopic (exact) mass is 309 g/mol. The van der Waals surface area contributed by atoms with Gasteiger partial charge >= 0.3 is 0 Å². The van der Waals surface area contributed by atoms with Gasteiger partial charge in [0.15, 0.2) is 0 Å². The summed E-state index contributed by atoms with van der Waals surface area (Å²) < 4.78 is 25.8. The van der Waals surface area contributed by atoms with Crippen LogP contribution in [0.4, 0.5) is 0 Å². The molecular formula is C16H23NO3S. The molecule has 1 saturated heterocycles. The highest BCUT2D eigenvalue weighted by Crippen LogP contribution is 2.31. The summed E-state index contributed by atoms with van der Waals surface area (Å²) in [5.41, 5.74) is 0.908. The average Bonchev–Trinajstić information content (AvgIpc) is 2.53. The summed E-state index contributed by atoms with van der Waals surface area (Å²) in [5, 5.41) is 10.4. The first-order valence-corrected chi connectivity index (χ1v) is 8.97. The number of hydrogen-bond acceptors (Lipinski definition) is 3. The summed E-state index contributed by atoms with van der Waals surface area (Å²) in [5.74, 6) is 0.251. The third-order valence-corrected chi connectivity index (χ3v) is 5.96. The molecule has 4 nitrogen and oxygen atoms in total. The molecule has 1 aliphatic heterocycles. The number of aliphatic hydroxyl groups excluding tert-OH is 1. The SMILES string of the molecule is C=CCCS(=O)(=O)N1CCC(C(O)c2ccccc2)CC1. The lowest BCUT2D eigenvalue weighted by Crippen LogP contribution is -2.40. The highest BCUT2D eigenvalue weighted by atomic mass is 32.2. The molecule has 1 heterocycles. The summed E-state index contributed by atoms with van der Waals surface area (Å²) in [4.78, 5) is 0. The zero-order valence-electron chi connectivity index (χ0n) is 12.2. The van der Waals surface area contributed by atoms with Crippen LogP contribution in [-0.4, -0.2) is 36.7 Å². The van der Waals surface area contributed by atoms with Crippen molar-refractivity contribution in [1.29, 1.82) is 0 Å². The smallest absolute Gasteiger partial charge is 0.214 e. The van der Waals surface area contributed by atoms with Gasteiger partial charge < -0.3 is 5.11 Å². The minimum absolute atomic E-state index is 0.123. The second-order valence-corrected chi connectivity index (χ2v) is 7.57. The Kier molecular flexibility index (Phi) is 5.56. The van der Waals surface area contributed by atoms with E-state index in [9.17, 15) is 13.5 Å². The van der Waals surface area contributed by atoms with Gasteiger partial charge in [-0.25, -0.2) is 12.7 Å². The maximum Gasteiger partial charge on any atom is 0.214 e. The molecule has 1 atom stereocenters. The molecular weight excluding hydrogens is 286 g/mol. The molecule has 1 unspecified atom stereocenters. The first kappa shape index (κ1) is 16.2. The van der Waals surface area contributed by atoms with Crippen LogP contribution in [0.15, 0.2) is 43.0 Å². The van der Waals surface area contributed by atoms with Crippen molar-refractivity contribution >= 4 is 10.0 Å². The van der Waals surface area contributed by atoms with E-state index < -0.39 is 16.1 Å². The third kappa shape index (κ3) is 4.15. The van der Waals surface area contributed by atoms with Gasteiger partial charge in [0.1, 0.15) is 0 Å². The topological polar surface area (TPSA) is 57.6 Å². The van der Waals surface area contributed by atoms with Gasteiger partial charge in [0, 0.05) is 13.1 Å². The molecule has 0 bridgehead atoms. The van der Waals surface area contributed by atoms with Crippen molar-refractivity contribution in [2.45, 2.75) is 25.4 Å². The van der Waals surface area contributed by atoms with Crippen molar-refractivity contribution in [3.05, 3.63) is 48.6 Å². The van der Waals surface area contributed by atoms with Crippen LogP contribution in [0.2, 0.25) is 0 Å². The van der Waals surface area contributed by atoms with Crippen LogP contribution in [0.3, 0.4) is 0 Å². The Bertz CT molecular complexity index is 548. The molecule has 0 spiro atoms. The first-order chi connectivity index (χ1) is 10.0. The van der Waals surface area contributed by atoms with Gasteiger partial charge in [-0.15, -0.1) is 6.58 Å². The molecule has 1 N–H and O–H groups in total. The predicted octanol–water partition coefficient (Wildman–Crippen LogP) is 2.34. The molecule has 5 heteroatoms. The number of hydrogen-bond donors (Lipinski definition) is 1. The summed E-state index contributed by atoms with van der Waals surface area (Å²) in [6.45, 7) is 4.55. The summed E-state index contributed by atoms with van der Waals surface area (Å²) in [7, 11) is -3.18. The Labute approximate surface area is 127 Å². The molecule has 1 fully saturated rings. The molecule has 0 aliphatic carbocycles. The van der Waals surface area contributed by atoms with E-state index in [4.69, 9.17) is 0 Å². The largest absolute Gasteiger partial charge is 0.388 e. The number of allylic oxidation sites excluding steroid dienone is 1. The van der Waals surface area contributed by atoms with Crippen LogP contribution in [0.25, 0.3) is 0 Å². The van der Waals surface area contributed by atoms with Crippen molar-refractivity contribution in [3.8, 4) is 0 Å². The Balaban J connectivity index is 1.93. The van der Waals surface area contributed by atoms with E-state index in [0.717, 1.165) is 5.56 Å². The van der Waals surface area contributed by atoms with Gasteiger partial charge in [-0.05, 0) is 30.7 Å². The standard InChI is InChI=1S/C16H23NO3S/c1-2-3-13-21(19,20)17-11-9-15(10-12-17)16(18)14-7-5-4-6-8-14/h2,4-8,15-16,18H,1,3,9-13H2. The number of sulfonamides is 1. The molecule has 1 aromatic carbocycles. The summed E-state index contributed by atoms with van der Waals surface area (Å²) in [6.07, 6.45) is 3.00. The normalized spacial score (nSPS) is 19.3. The molecule has 1 aromatic rings. The minimum Gasteiger partial charge on any atom is -0.388 e. The van der Waals surface area contributed by atoms with Gasteiger partial charge in [-0.1, -0.05) is 36.4 Å². The highest BCUT2D eigenvalue weighted by Gasteiger charge is 2.31. The number of rotatable bonds is 6. The second kappa shape index (κ2) is 7.20. The maximum absolute atomic E-state index is 12.1. The zero-order valence-corrected chi connectivity index (χ0v) is 13.0. The number of piperidine rings is 1. The second-order valence-electron chi connectivity index (χ2n) is 5.49. The van der Waals surface area contributed by atoms with E-state index >= 15 is 0 Å². The highest BCUT2D eigenvalue weighted by molar-refractivity contribution is 7.89. The summed E-state index contributed by atoms with van der Waals surface area (Å²) in [6, 6.07) is 9.57. The lowest BCUT2D eigenvalue weighted by molar-refractivity contribution is 0.0760. The third-order valence-electron chi connectivity index (χ3n) is 4.06. The minimum atomic E-state index is -3.18. The van der Waals surface area contributed by atoms with Gasteiger partial charge in [0.05, 0.1) is 11.9 Å². The lowest BCUT2D eigenvalue weighted by atomic mass is 9.88. The van der Waals surface area contributed by atoms with Crippen molar-refractivity contribution in [2.24, 2.45) is 5.92 Å². The van der Waals surface area contributed by atoms with E-state index in [1.807, 2.05) is 30.3 Å². The molecule has 0 saturated carbocycles. The first-order valence-electron chi connectivity index (χ1n) is 7.36. The Morgan fingerprint density at radius 1 is 1.29 bits per heavy atom. The van der Waals surface area contributed by atoms with Crippen LogP contribution in [-0.2, 0) is 10.0 Å². The van der Waals surface area contributed by atoms with Crippen molar-refractivity contribution in [2.75, 3.05) is 18.8 Å². The van der Waals surface area contributed by atoms with Crippen LogP contribution in [0.5, 0.6) is 0 Å². The van der Waals surface area contributed by atoms with Crippen molar-refractivity contribution in [1.82, 2.24) is 4.31 Å². The molecule has 0 aromatic heterocycles. The molecule has 0 radical (unpaired) electrons. The predicted molar refractivity (Wildman–Crippen MR) is 84.3 cm³/mol. The quantitative estimate of drug-likeness (QED) is 0.821. The fraction of sp³-hybridized carbons (Fsp3) is 0.500. The van der Waals surface area contributed by atoms with E-state index in [1.54, 1.807) is 10.4 Å². The van der Waals surface area contributed by atoms with E-state index in [-0.39, 0.29) is 11.7 Å². The molecule has 116 valence electrons. The fourth-order valence-electron chi connectivity index (χ4n) is 2.75. The van der Waals surface area contributed by atoms with E-state index in [0.29, 0.717) is 32.4 Å². The fourth-order valence-corrected chi connectivity index (χ4v) is 4.24. The van der Waals surface area contributed by atoms with E-state index in [1.165, 1.54) is 0 Å². The van der Waals surface area contributed by atoms with Crippen LogP contribution >= 0.6 is 0 Å². The van der Waals surface area contributed by atoms with Crippen LogP contribution in [0, 0.1) is 5.92 Å². The van der Waals surface area contributed by atoms with Crippen molar-refractivity contribution in [3.63, 3.8) is 0 Å².